The summed E-state index contributed by atoms with van der Waals surface area (Å²) in [4.78, 5) is 60.0. The van der Waals surface area contributed by atoms with Crippen LogP contribution >= 0.6 is 12.4 Å². The zero-order chi connectivity index (χ0) is 26.0. The number of aliphatic hydroxyl groups is 1. The SMILES string of the molecule is CC(C)CC(N)C(O)C(=O)NC(C(=O)NC(C(=O)NC(CC(=O)O)C(=O)O)C(C)C)C(C)C.Cl. The van der Waals surface area contributed by atoms with Crippen molar-refractivity contribution in [2.24, 2.45) is 23.5 Å². The molecule has 5 unspecified atom stereocenters. The molecule has 0 saturated heterocycles. The molecule has 8 N–H and O–H groups in total. The van der Waals surface area contributed by atoms with Gasteiger partial charge in [0.25, 0.3) is 5.91 Å². The number of nitrogens with one attached hydrogen (secondary N) is 3. The van der Waals surface area contributed by atoms with E-state index in [0.29, 0.717) is 6.42 Å². The zero-order valence-electron chi connectivity index (χ0n) is 20.4. The predicted molar refractivity (Wildman–Crippen MR) is 126 cm³/mol. The maximum Gasteiger partial charge on any atom is 0.326 e. The molecule has 0 aliphatic heterocycles. The quantitative estimate of drug-likeness (QED) is 0.160. The highest BCUT2D eigenvalue weighted by Gasteiger charge is 2.34. The van der Waals surface area contributed by atoms with Gasteiger partial charge in [-0.3, -0.25) is 19.2 Å². The van der Waals surface area contributed by atoms with Gasteiger partial charge in [0.05, 0.1) is 6.42 Å². The highest BCUT2D eigenvalue weighted by molar-refractivity contribution is 5.94. The van der Waals surface area contributed by atoms with Crippen molar-refractivity contribution >= 4 is 42.1 Å². The molecule has 0 radical (unpaired) electrons. The summed E-state index contributed by atoms with van der Waals surface area (Å²) in [6.07, 6.45) is -1.97. The van der Waals surface area contributed by atoms with Crippen molar-refractivity contribution < 1.29 is 39.3 Å². The summed E-state index contributed by atoms with van der Waals surface area (Å²) in [7, 11) is 0. The van der Waals surface area contributed by atoms with Gasteiger partial charge in [0, 0.05) is 6.04 Å². The lowest BCUT2D eigenvalue weighted by atomic mass is 9.97. The van der Waals surface area contributed by atoms with Gasteiger partial charge in [-0.25, -0.2) is 4.79 Å². The number of nitrogens with two attached hydrogens (primary N) is 1. The maximum absolute atomic E-state index is 12.9. The molecule has 3 amide bonds. The van der Waals surface area contributed by atoms with Crippen molar-refractivity contribution in [2.45, 2.75) is 84.7 Å². The van der Waals surface area contributed by atoms with E-state index in [2.05, 4.69) is 16.0 Å². The molecule has 5 atom stereocenters. The Morgan fingerprint density at radius 3 is 1.53 bits per heavy atom. The molecule has 0 heterocycles. The van der Waals surface area contributed by atoms with Crippen LogP contribution in [0, 0.1) is 17.8 Å². The van der Waals surface area contributed by atoms with Gasteiger partial charge in [0.1, 0.15) is 24.2 Å². The summed E-state index contributed by atoms with van der Waals surface area (Å²) in [5.41, 5.74) is 5.86. The highest BCUT2D eigenvalue weighted by atomic mass is 35.5. The Morgan fingerprint density at radius 2 is 1.18 bits per heavy atom. The van der Waals surface area contributed by atoms with Crippen molar-refractivity contribution in [2.75, 3.05) is 0 Å². The molecule has 34 heavy (non-hydrogen) atoms. The van der Waals surface area contributed by atoms with Crippen LogP contribution in [0.5, 0.6) is 0 Å². The highest BCUT2D eigenvalue weighted by Crippen LogP contribution is 2.10. The first-order valence-electron chi connectivity index (χ1n) is 10.9. The van der Waals surface area contributed by atoms with E-state index < -0.39 is 78.2 Å². The molecule has 198 valence electrons. The number of aliphatic carboxylic acids is 2. The van der Waals surface area contributed by atoms with Gasteiger partial charge >= 0.3 is 11.9 Å². The molecule has 0 aromatic carbocycles. The third-order valence-electron chi connectivity index (χ3n) is 4.90. The smallest absolute Gasteiger partial charge is 0.326 e. The number of hydrogen-bond acceptors (Lipinski definition) is 7. The molecular weight excluding hydrogens is 472 g/mol. The second-order valence-electron chi connectivity index (χ2n) is 9.20. The van der Waals surface area contributed by atoms with Crippen LogP contribution in [-0.2, 0) is 24.0 Å². The molecule has 0 fully saturated rings. The number of aliphatic hydroxyl groups excluding tert-OH is 1. The number of carbonyl (C=O) groups is 5. The minimum atomic E-state index is -1.67. The second kappa shape index (κ2) is 15.5. The minimum Gasteiger partial charge on any atom is -0.481 e. The van der Waals surface area contributed by atoms with Crippen LogP contribution in [0.3, 0.4) is 0 Å². The number of carbonyl (C=O) groups excluding carboxylic acids is 3. The fourth-order valence-electron chi connectivity index (χ4n) is 3.06. The summed E-state index contributed by atoms with van der Waals surface area (Å²) < 4.78 is 0. The largest absolute Gasteiger partial charge is 0.481 e. The van der Waals surface area contributed by atoms with Gasteiger partial charge in [-0.15, -0.1) is 12.4 Å². The Hall–Kier alpha value is -2.44. The van der Waals surface area contributed by atoms with E-state index in [-0.39, 0.29) is 18.3 Å². The first-order chi connectivity index (χ1) is 15.1. The molecule has 0 rings (SSSR count). The number of rotatable bonds is 14. The standard InChI is InChI=1S/C21H38N4O8.ClH/c1-9(2)7-12(22)17(28)20(31)25-16(11(5)6)19(30)24-15(10(3)4)18(29)23-13(21(32)33)8-14(26)27;/h9-13,15-17,28H,7-8,22H2,1-6H3,(H,23,29)(H,24,30)(H,25,31)(H,26,27)(H,32,33);1H. The molecule has 13 heteroatoms. The Bertz CT molecular complexity index is 717. The van der Waals surface area contributed by atoms with Gasteiger partial charge in [-0.2, -0.15) is 0 Å². The predicted octanol–water partition coefficient (Wildman–Crippen LogP) is -0.532. The van der Waals surface area contributed by atoms with Crippen LogP contribution in [0.25, 0.3) is 0 Å². The van der Waals surface area contributed by atoms with E-state index >= 15 is 0 Å². The summed E-state index contributed by atoms with van der Waals surface area (Å²) in [5, 5.41) is 35.2. The van der Waals surface area contributed by atoms with Gasteiger partial charge < -0.3 is 37.0 Å². The van der Waals surface area contributed by atoms with Crippen molar-refractivity contribution in [3.8, 4) is 0 Å². The normalized spacial score (nSPS) is 15.5. The molecule has 0 aromatic rings. The minimum absolute atomic E-state index is 0. The van der Waals surface area contributed by atoms with E-state index in [4.69, 9.17) is 15.9 Å². The molecule has 0 saturated carbocycles. The third kappa shape index (κ3) is 11.6. The second-order valence-corrected chi connectivity index (χ2v) is 9.20. The van der Waals surface area contributed by atoms with Crippen molar-refractivity contribution in [3.63, 3.8) is 0 Å². The van der Waals surface area contributed by atoms with Gasteiger partial charge in [0.15, 0.2) is 0 Å². The Labute approximate surface area is 205 Å². The lowest BCUT2D eigenvalue weighted by Crippen LogP contribution is -2.60. The lowest BCUT2D eigenvalue weighted by molar-refractivity contribution is -0.147. The summed E-state index contributed by atoms with van der Waals surface area (Å²) in [6.45, 7) is 10.3. The van der Waals surface area contributed by atoms with Crippen LogP contribution in [0.1, 0.15) is 54.4 Å². The number of hydrogen-bond donors (Lipinski definition) is 7. The first kappa shape index (κ1) is 33.7. The van der Waals surface area contributed by atoms with Gasteiger partial charge in [-0.1, -0.05) is 41.5 Å². The van der Waals surface area contributed by atoms with Crippen LogP contribution in [0.4, 0.5) is 0 Å². The van der Waals surface area contributed by atoms with Crippen molar-refractivity contribution in [1.82, 2.24) is 16.0 Å². The van der Waals surface area contributed by atoms with Gasteiger partial charge in [-0.05, 0) is 24.2 Å². The van der Waals surface area contributed by atoms with Crippen molar-refractivity contribution in [3.05, 3.63) is 0 Å². The lowest BCUT2D eigenvalue weighted by Gasteiger charge is -2.29. The Morgan fingerprint density at radius 1 is 0.765 bits per heavy atom. The van der Waals surface area contributed by atoms with Crippen LogP contribution < -0.4 is 21.7 Å². The third-order valence-corrected chi connectivity index (χ3v) is 4.90. The van der Waals surface area contributed by atoms with E-state index in [1.807, 2.05) is 13.8 Å². The van der Waals surface area contributed by atoms with Crippen LogP contribution in [0.15, 0.2) is 0 Å². The van der Waals surface area contributed by atoms with Crippen LogP contribution in [-0.4, -0.2) is 75.3 Å². The molecule has 0 spiro atoms. The first-order valence-corrected chi connectivity index (χ1v) is 10.9. The molecule has 0 aromatic heterocycles. The van der Waals surface area contributed by atoms with E-state index in [9.17, 15) is 29.1 Å². The number of amides is 3. The van der Waals surface area contributed by atoms with E-state index in [0.717, 1.165) is 0 Å². The summed E-state index contributed by atoms with van der Waals surface area (Å²) in [5.74, 6) is -6.12. The Kier molecular flexibility index (Phi) is 15.3. The van der Waals surface area contributed by atoms with Crippen molar-refractivity contribution in [1.29, 1.82) is 0 Å². The monoisotopic (exact) mass is 510 g/mol. The molecule has 12 nitrogen and oxygen atoms in total. The van der Waals surface area contributed by atoms with E-state index in [1.54, 1.807) is 27.7 Å². The topological polar surface area (TPSA) is 208 Å². The Balaban J connectivity index is 0. The fourth-order valence-corrected chi connectivity index (χ4v) is 3.06. The number of halogens is 1. The average molecular weight is 511 g/mol. The summed E-state index contributed by atoms with van der Waals surface area (Å²) >= 11 is 0. The molecule has 0 aliphatic carbocycles. The molecular formula is C21H39ClN4O8. The average Bonchev–Trinajstić information content (AvgIpc) is 2.66. The van der Waals surface area contributed by atoms with Gasteiger partial charge in [0.2, 0.25) is 11.8 Å². The number of carboxylic acid groups (broad SMARTS) is 2. The summed E-state index contributed by atoms with van der Waals surface area (Å²) in [6, 6.07) is -4.80. The zero-order valence-corrected chi connectivity index (χ0v) is 21.2. The maximum atomic E-state index is 12.9. The van der Waals surface area contributed by atoms with Crippen LogP contribution in [0.2, 0.25) is 0 Å². The number of carboxylic acids is 2. The van der Waals surface area contributed by atoms with E-state index in [1.165, 1.54) is 0 Å². The molecule has 0 bridgehead atoms. The fraction of sp³-hybridized carbons (Fsp3) is 0.762. The molecule has 0 aliphatic rings.